The zero-order valence-electron chi connectivity index (χ0n) is 10.4. The molecular weight excluding hydrogens is 253 g/mol. The van der Waals surface area contributed by atoms with Crippen molar-refractivity contribution in [3.8, 4) is 0 Å². The van der Waals surface area contributed by atoms with Crippen molar-refractivity contribution in [1.82, 2.24) is 0 Å². The second-order valence-electron chi connectivity index (χ2n) is 4.93. The summed E-state index contributed by atoms with van der Waals surface area (Å²) in [6, 6.07) is 6.05. The molecule has 0 spiro atoms. The van der Waals surface area contributed by atoms with Gasteiger partial charge in [-0.3, -0.25) is 0 Å². The van der Waals surface area contributed by atoms with Crippen molar-refractivity contribution in [2.45, 2.75) is 25.5 Å². The van der Waals surface area contributed by atoms with Crippen LogP contribution in [-0.2, 0) is 11.4 Å². The molecule has 0 amide bonds. The number of nitrogens with zero attached hydrogens (tertiary/aromatic N) is 1. The predicted molar refractivity (Wildman–Crippen MR) is 71.7 cm³/mol. The molecule has 1 atom stereocenters. The van der Waals surface area contributed by atoms with Gasteiger partial charge in [0.05, 0.1) is 0 Å². The first-order chi connectivity index (χ1) is 8.36. The first-order valence-electron chi connectivity index (χ1n) is 5.51. The molecule has 96 valence electrons. The molecule has 1 aromatic carbocycles. The number of hydrogen-bond acceptors (Lipinski definition) is 3. The Morgan fingerprint density at radius 3 is 2.72 bits per heavy atom. The molecule has 0 radical (unpaired) electrons. The van der Waals surface area contributed by atoms with Crippen LogP contribution in [0.25, 0.3) is 11.0 Å². The van der Waals surface area contributed by atoms with Crippen molar-refractivity contribution in [3.05, 3.63) is 35.8 Å². The lowest BCUT2D eigenvalue weighted by atomic mass is 10.2. The Morgan fingerprint density at radius 1 is 1.33 bits per heavy atom. The van der Waals surface area contributed by atoms with Crippen molar-refractivity contribution in [1.29, 1.82) is 0 Å². The third-order valence-electron chi connectivity index (χ3n) is 2.30. The first-order valence-corrected chi connectivity index (χ1v) is 6.62. The van der Waals surface area contributed by atoms with Gasteiger partial charge in [0.15, 0.2) is 5.76 Å². The normalized spacial score (nSPS) is 14.5. The van der Waals surface area contributed by atoms with E-state index in [4.69, 9.17) is 4.42 Å². The van der Waals surface area contributed by atoms with E-state index in [0.717, 1.165) is 5.39 Å². The quantitative estimate of drug-likeness (QED) is 0.618. The fourth-order valence-corrected chi connectivity index (χ4v) is 1.86. The van der Waals surface area contributed by atoms with E-state index in [9.17, 15) is 8.94 Å². The van der Waals surface area contributed by atoms with Crippen molar-refractivity contribution in [3.63, 3.8) is 0 Å². The average Bonchev–Trinajstić information content (AvgIpc) is 2.66. The zero-order chi connectivity index (χ0) is 13.3. The zero-order valence-corrected chi connectivity index (χ0v) is 11.3. The van der Waals surface area contributed by atoms with Crippen LogP contribution in [0.2, 0.25) is 0 Å². The molecule has 0 fully saturated rings. The van der Waals surface area contributed by atoms with Gasteiger partial charge < -0.3 is 8.97 Å². The van der Waals surface area contributed by atoms with Gasteiger partial charge in [-0.15, -0.1) is 0 Å². The van der Waals surface area contributed by atoms with E-state index in [-0.39, 0.29) is 5.82 Å². The van der Waals surface area contributed by atoms with Crippen molar-refractivity contribution >= 4 is 28.5 Å². The number of halogens is 1. The van der Waals surface area contributed by atoms with Crippen LogP contribution in [0.1, 0.15) is 26.5 Å². The second kappa shape index (κ2) is 4.74. The summed E-state index contributed by atoms with van der Waals surface area (Å²) in [5, 5.41) is 0.791. The lowest BCUT2D eigenvalue weighted by Crippen LogP contribution is -2.25. The average molecular weight is 267 g/mol. The lowest BCUT2D eigenvalue weighted by Gasteiger charge is -2.17. The summed E-state index contributed by atoms with van der Waals surface area (Å²) in [6.07, 6.45) is 1.42. The van der Waals surface area contributed by atoms with Gasteiger partial charge in [-0.2, -0.15) is 0 Å². The SMILES string of the molecule is CC(C)(C)[S+]([O-])/N=C/c1cc2ccc(F)cc2o1. The Bertz CT molecular complexity index is 586. The summed E-state index contributed by atoms with van der Waals surface area (Å²) in [5.41, 5.74) is 0.456. The maximum absolute atomic E-state index is 13.0. The highest BCUT2D eigenvalue weighted by Crippen LogP contribution is 2.21. The van der Waals surface area contributed by atoms with Crippen LogP contribution in [0.5, 0.6) is 0 Å². The Morgan fingerprint density at radius 2 is 2.06 bits per heavy atom. The van der Waals surface area contributed by atoms with Crippen molar-refractivity contribution in [2.75, 3.05) is 0 Å². The molecular formula is C13H14FNO2S. The van der Waals surface area contributed by atoms with Crippen LogP contribution in [0.4, 0.5) is 4.39 Å². The Balaban J connectivity index is 2.25. The van der Waals surface area contributed by atoms with E-state index in [0.29, 0.717) is 11.3 Å². The van der Waals surface area contributed by atoms with Crippen LogP contribution in [0.15, 0.2) is 33.1 Å². The molecule has 2 aromatic rings. The van der Waals surface area contributed by atoms with Crippen molar-refractivity contribution < 1.29 is 13.4 Å². The molecule has 3 nitrogen and oxygen atoms in total. The minimum absolute atomic E-state index is 0.349. The molecule has 0 aliphatic heterocycles. The molecule has 0 saturated heterocycles. The maximum atomic E-state index is 13.0. The second-order valence-corrected chi connectivity index (χ2v) is 6.86. The van der Waals surface area contributed by atoms with E-state index >= 15 is 0 Å². The molecule has 5 heteroatoms. The summed E-state index contributed by atoms with van der Waals surface area (Å²) in [7, 11) is 0. The topological polar surface area (TPSA) is 48.6 Å². The van der Waals surface area contributed by atoms with Gasteiger partial charge in [0, 0.05) is 11.5 Å². The molecule has 0 saturated carbocycles. The molecule has 0 aliphatic rings. The fourth-order valence-electron chi connectivity index (χ4n) is 1.35. The lowest BCUT2D eigenvalue weighted by molar-refractivity contribution is 0.561. The standard InChI is InChI=1S/C13H14FNO2S/c1-13(2,3)18(16)15-8-11-6-9-4-5-10(14)7-12(9)17-11/h4-8H,1-3H3/b15-8+. The minimum Gasteiger partial charge on any atom is -0.591 e. The minimum atomic E-state index is -1.33. The molecule has 18 heavy (non-hydrogen) atoms. The number of furan rings is 1. The highest BCUT2D eigenvalue weighted by Gasteiger charge is 2.25. The third-order valence-corrected chi connectivity index (χ3v) is 3.65. The summed E-state index contributed by atoms with van der Waals surface area (Å²) < 4.78 is 33.6. The first kappa shape index (κ1) is 13.1. The van der Waals surface area contributed by atoms with Gasteiger partial charge in [0.1, 0.15) is 33.7 Å². The van der Waals surface area contributed by atoms with Gasteiger partial charge in [0.25, 0.3) is 0 Å². The van der Waals surface area contributed by atoms with Crippen LogP contribution >= 0.6 is 0 Å². The molecule has 0 aliphatic carbocycles. The maximum Gasteiger partial charge on any atom is 0.150 e. The monoisotopic (exact) mass is 267 g/mol. The van der Waals surface area contributed by atoms with Gasteiger partial charge in [-0.05, 0) is 39.0 Å². The highest BCUT2D eigenvalue weighted by molar-refractivity contribution is 7.91. The summed E-state index contributed by atoms with van der Waals surface area (Å²) in [6.45, 7) is 5.53. The van der Waals surface area contributed by atoms with Gasteiger partial charge in [-0.25, -0.2) is 4.39 Å². The van der Waals surface area contributed by atoms with Gasteiger partial charge >= 0.3 is 0 Å². The van der Waals surface area contributed by atoms with E-state index < -0.39 is 16.1 Å². The molecule has 0 N–H and O–H groups in total. The van der Waals surface area contributed by atoms with Crippen LogP contribution in [0, 0.1) is 5.82 Å². The third kappa shape index (κ3) is 2.91. The van der Waals surface area contributed by atoms with Crippen LogP contribution in [-0.4, -0.2) is 15.5 Å². The number of fused-ring (bicyclic) bond motifs is 1. The Kier molecular flexibility index (Phi) is 3.45. The molecule has 1 unspecified atom stereocenters. The molecule has 1 aromatic heterocycles. The summed E-state index contributed by atoms with van der Waals surface area (Å²) in [4.78, 5) is 0. The van der Waals surface area contributed by atoms with Crippen LogP contribution < -0.4 is 0 Å². The van der Waals surface area contributed by atoms with E-state index in [1.807, 2.05) is 20.8 Å². The molecule has 2 rings (SSSR count). The predicted octanol–water partition coefficient (Wildman–Crippen LogP) is 3.45. The number of rotatable bonds is 2. The van der Waals surface area contributed by atoms with Crippen molar-refractivity contribution in [2.24, 2.45) is 4.40 Å². The smallest absolute Gasteiger partial charge is 0.150 e. The van der Waals surface area contributed by atoms with Crippen LogP contribution in [0.3, 0.4) is 0 Å². The molecule has 0 bridgehead atoms. The highest BCUT2D eigenvalue weighted by atomic mass is 32.2. The van der Waals surface area contributed by atoms with E-state index in [2.05, 4.69) is 4.40 Å². The number of hydrogen-bond donors (Lipinski definition) is 0. The molecule has 1 heterocycles. The Labute approximate surface area is 108 Å². The number of benzene rings is 1. The largest absolute Gasteiger partial charge is 0.591 e. The Hall–Kier alpha value is -1.33. The summed E-state index contributed by atoms with van der Waals surface area (Å²) in [5.74, 6) is 0.117. The van der Waals surface area contributed by atoms with E-state index in [1.165, 1.54) is 18.3 Å². The summed E-state index contributed by atoms with van der Waals surface area (Å²) >= 11 is -1.33. The fraction of sp³-hybridized carbons (Fsp3) is 0.308. The van der Waals surface area contributed by atoms with Gasteiger partial charge in [-0.1, -0.05) is 4.40 Å². The van der Waals surface area contributed by atoms with Gasteiger partial charge in [0.2, 0.25) is 0 Å². The van der Waals surface area contributed by atoms with E-state index in [1.54, 1.807) is 12.1 Å².